The van der Waals surface area contributed by atoms with Gasteiger partial charge in [0.1, 0.15) is 11.3 Å². The molecule has 1 amide bonds. The number of carbonyl (C=O) groups excluding carboxylic acids is 2. The van der Waals surface area contributed by atoms with Gasteiger partial charge in [-0.2, -0.15) is 13.2 Å². The van der Waals surface area contributed by atoms with Crippen LogP contribution in [0, 0.1) is 0 Å². The fourth-order valence-corrected chi connectivity index (χ4v) is 2.93. The molecular formula is C24H21F3N2O4. The number of rotatable bonds is 7. The zero-order valence-corrected chi connectivity index (χ0v) is 17.8. The summed E-state index contributed by atoms with van der Waals surface area (Å²) in [5.41, 5.74) is 0.0218. The van der Waals surface area contributed by atoms with E-state index in [9.17, 15) is 27.9 Å². The van der Waals surface area contributed by atoms with Gasteiger partial charge in [0.05, 0.1) is 5.60 Å². The zero-order valence-electron chi connectivity index (χ0n) is 17.8. The van der Waals surface area contributed by atoms with Crippen molar-refractivity contribution in [3.05, 3.63) is 89.1 Å². The first-order valence-corrected chi connectivity index (χ1v) is 9.89. The molecule has 0 fully saturated rings. The van der Waals surface area contributed by atoms with E-state index in [1.165, 1.54) is 30.5 Å². The van der Waals surface area contributed by atoms with E-state index in [0.717, 1.165) is 23.3 Å². The number of aromatic nitrogens is 1. The number of pyridine rings is 1. The Balaban J connectivity index is 1.73. The summed E-state index contributed by atoms with van der Waals surface area (Å²) < 4.78 is 43.6. The Hall–Kier alpha value is -3.72. The second-order valence-electron chi connectivity index (χ2n) is 7.75. The lowest BCUT2D eigenvalue weighted by Gasteiger charge is -2.18. The first-order chi connectivity index (χ1) is 15.4. The highest BCUT2D eigenvalue weighted by molar-refractivity contribution is 6.00. The summed E-state index contributed by atoms with van der Waals surface area (Å²) in [4.78, 5) is 28.1. The van der Waals surface area contributed by atoms with Crippen molar-refractivity contribution in [2.75, 3.05) is 0 Å². The number of carbonyl (C=O) groups is 2. The normalized spacial score (nSPS) is 11.7. The Kier molecular flexibility index (Phi) is 6.83. The van der Waals surface area contributed by atoms with Crippen LogP contribution in [0.4, 0.5) is 13.2 Å². The van der Waals surface area contributed by atoms with Gasteiger partial charge in [-0.3, -0.25) is 9.59 Å². The van der Waals surface area contributed by atoms with Crippen molar-refractivity contribution in [2.45, 2.75) is 32.2 Å². The highest BCUT2D eigenvalue weighted by atomic mass is 19.4. The molecule has 0 unspecified atom stereocenters. The summed E-state index contributed by atoms with van der Waals surface area (Å²) in [6.07, 6.45) is -3.65. The van der Waals surface area contributed by atoms with Crippen LogP contribution in [0.2, 0.25) is 0 Å². The molecule has 0 radical (unpaired) electrons. The van der Waals surface area contributed by atoms with E-state index >= 15 is 0 Å². The van der Waals surface area contributed by atoms with Gasteiger partial charge in [-0.15, -0.1) is 0 Å². The highest BCUT2D eigenvalue weighted by Crippen LogP contribution is 2.27. The van der Waals surface area contributed by atoms with Gasteiger partial charge in [0.25, 0.3) is 11.7 Å². The van der Waals surface area contributed by atoms with Crippen molar-refractivity contribution >= 4 is 11.7 Å². The van der Waals surface area contributed by atoms with Crippen LogP contribution < -0.4 is 10.1 Å². The van der Waals surface area contributed by atoms with Crippen molar-refractivity contribution in [1.82, 2.24) is 10.3 Å². The molecule has 172 valence electrons. The third-order valence-corrected chi connectivity index (χ3v) is 4.70. The van der Waals surface area contributed by atoms with E-state index in [2.05, 4.69) is 10.3 Å². The first-order valence-electron chi connectivity index (χ1n) is 9.89. The Bertz CT molecular complexity index is 1150. The minimum absolute atomic E-state index is 0.0677. The predicted octanol–water partition coefficient (Wildman–Crippen LogP) is 4.78. The summed E-state index contributed by atoms with van der Waals surface area (Å²) in [6.45, 7) is 3.53. The van der Waals surface area contributed by atoms with Crippen molar-refractivity contribution in [3.8, 4) is 11.6 Å². The number of aliphatic hydroxyl groups is 1. The van der Waals surface area contributed by atoms with Crippen LogP contribution in [0.5, 0.6) is 11.6 Å². The monoisotopic (exact) mass is 458 g/mol. The smallest absolute Gasteiger partial charge is 0.438 e. The number of Topliss-reactive ketones (excluding diaryl/α,β-unsaturated/α-hetero) is 1. The number of hydrogen-bond acceptors (Lipinski definition) is 5. The van der Waals surface area contributed by atoms with Crippen LogP contribution in [-0.4, -0.2) is 28.0 Å². The van der Waals surface area contributed by atoms with Gasteiger partial charge >= 0.3 is 6.18 Å². The predicted molar refractivity (Wildman–Crippen MR) is 114 cm³/mol. The molecule has 0 bridgehead atoms. The SMILES string of the molecule is CC(C)(O)c1ccc(CNC(=O)c2cccnc2Oc2cccc(C(=O)C(F)(F)F)c2)cc1. The molecule has 33 heavy (non-hydrogen) atoms. The fraction of sp³-hybridized carbons (Fsp3) is 0.208. The summed E-state index contributed by atoms with van der Waals surface area (Å²) in [6, 6.07) is 14.6. The largest absolute Gasteiger partial charge is 0.454 e. The van der Waals surface area contributed by atoms with Gasteiger partial charge < -0.3 is 15.2 Å². The van der Waals surface area contributed by atoms with Gasteiger partial charge in [0, 0.05) is 18.3 Å². The van der Waals surface area contributed by atoms with Crippen LogP contribution >= 0.6 is 0 Å². The summed E-state index contributed by atoms with van der Waals surface area (Å²) >= 11 is 0. The Morgan fingerprint density at radius 2 is 1.73 bits per heavy atom. The van der Waals surface area contributed by atoms with Crippen LogP contribution in [0.25, 0.3) is 0 Å². The maximum Gasteiger partial charge on any atom is 0.454 e. The molecule has 0 spiro atoms. The van der Waals surface area contributed by atoms with Crippen molar-refractivity contribution in [3.63, 3.8) is 0 Å². The van der Waals surface area contributed by atoms with E-state index in [4.69, 9.17) is 4.74 Å². The lowest BCUT2D eigenvalue weighted by atomic mass is 9.97. The quantitative estimate of drug-likeness (QED) is 0.498. The molecular weight excluding hydrogens is 437 g/mol. The van der Waals surface area contributed by atoms with E-state index in [1.54, 1.807) is 38.1 Å². The molecule has 3 rings (SSSR count). The molecule has 0 aliphatic rings. The van der Waals surface area contributed by atoms with Gasteiger partial charge in [-0.25, -0.2) is 4.98 Å². The number of nitrogens with one attached hydrogen (secondary N) is 1. The van der Waals surface area contributed by atoms with Gasteiger partial charge in [-0.05, 0) is 49.2 Å². The minimum atomic E-state index is -5.01. The molecule has 2 aromatic carbocycles. The third-order valence-electron chi connectivity index (χ3n) is 4.70. The van der Waals surface area contributed by atoms with Crippen molar-refractivity contribution in [1.29, 1.82) is 0 Å². The van der Waals surface area contributed by atoms with Crippen LogP contribution in [0.1, 0.15) is 45.7 Å². The molecule has 1 heterocycles. The molecule has 0 saturated carbocycles. The zero-order chi connectivity index (χ0) is 24.2. The standard InChI is InChI=1S/C24H21F3N2O4/c1-23(2,32)17-10-8-15(9-11-17)14-29-21(31)19-7-4-12-28-22(19)33-18-6-3-5-16(13-18)20(30)24(25,26)27/h3-13,32H,14H2,1-2H3,(H,29,31). The number of amides is 1. The summed E-state index contributed by atoms with van der Waals surface area (Å²) in [5.74, 6) is -2.70. The lowest BCUT2D eigenvalue weighted by Crippen LogP contribution is -2.24. The number of alkyl halides is 3. The molecule has 0 aliphatic heterocycles. The van der Waals surface area contributed by atoms with Crippen molar-refractivity contribution < 1.29 is 32.6 Å². The van der Waals surface area contributed by atoms with Gasteiger partial charge in [0.15, 0.2) is 0 Å². The van der Waals surface area contributed by atoms with Crippen molar-refractivity contribution in [2.24, 2.45) is 0 Å². The topological polar surface area (TPSA) is 88.5 Å². The van der Waals surface area contributed by atoms with E-state index in [0.29, 0.717) is 0 Å². The lowest BCUT2D eigenvalue weighted by molar-refractivity contribution is -0.0885. The second-order valence-corrected chi connectivity index (χ2v) is 7.75. The molecule has 6 nitrogen and oxygen atoms in total. The maximum absolute atomic E-state index is 12.7. The Morgan fingerprint density at radius 3 is 2.36 bits per heavy atom. The molecule has 3 aromatic rings. The highest BCUT2D eigenvalue weighted by Gasteiger charge is 2.39. The Labute approximate surface area is 188 Å². The molecule has 0 saturated heterocycles. The van der Waals surface area contributed by atoms with Crippen LogP contribution in [0.15, 0.2) is 66.9 Å². The molecule has 0 aliphatic carbocycles. The average Bonchev–Trinajstić information content (AvgIpc) is 2.76. The van der Waals surface area contributed by atoms with Gasteiger partial charge in [0.2, 0.25) is 5.88 Å². The number of nitrogens with zero attached hydrogens (tertiary/aromatic N) is 1. The third kappa shape index (κ3) is 6.17. The molecule has 2 N–H and O–H groups in total. The number of ether oxygens (including phenoxy) is 1. The maximum atomic E-state index is 12.7. The second kappa shape index (κ2) is 9.41. The summed E-state index contributed by atoms with van der Waals surface area (Å²) in [5, 5.41) is 12.7. The number of benzene rings is 2. The first kappa shape index (κ1) is 23.9. The average molecular weight is 458 g/mol. The van der Waals surface area contributed by atoms with E-state index in [-0.39, 0.29) is 23.7 Å². The number of halogens is 3. The number of ketones is 1. The molecule has 1 aromatic heterocycles. The minimum Gasteiger partial charge on any atom is -0.438 e. The van der Waals surface area contributed by atoms with E-state index in [1.807, 2.05) is 0 Å². The number of hydrogen-bond donors (Lipinski definition) is 2. The van der Waals surface area contributed by atoms with E-state index < -0.39 is 29.0 Å². The molecule has 0 atom stereocenters. The summed E-state index contributed by atoms with van der Waals surface area (Å²) in [7, 11) is 0. The van der Waals surface area contributed by atoms with Crippen LogP contribution in [-0.2, 0) is 12.1 Å². The van der Waals surface area contributed by atoms with Crippen LogP contribution in [0.3, 0.4) is 0 Å². The molecule has 9 heteroatoms. The van der Waals surface area contributed by atoms with Gasteiger partial charge in [-0.1, -0.05) is 36.4 Å². The fourth-order valence-electron chi connectivity index (χ4n) is 2.93. The Morgan fingerprint density at radius 1 is 1.03 bits per heavy atom.